The molecule has 24 N–H and O–H groups in total. The second-order valence-electron chi connectivity index (χ2n) is 29.7. The predicted octanol–water partition coefficient (Wildman–Crippen LogP) is -11.9. The van der Waals surface area contributed by atoms with E-state index < -0.39 is 339 Å². The molecule has 30 rings (SSSR count). The Kier molecular flexibility index (Phi) is 45.0. The number of hydrogen-bond donors (Lipinski definition) is 24. The quantitative estimate of drug-likeness (QED) is 0.0205. The van der Waals surface area contributed by atoms with Gasteiger partial charge in [-0.2, -0.15) is 82.3 Å². The number of aliphatic carboxylic acids is 7. The van der Waals surface area contributed by atoms with Crippen molar-refractivity contribution in [2.45, 2.75) is 291 Å². The fourth-order valence-electron chi connectivity index (χ4n) is 14.3. The van der Waals surface area contributed by atoms with Crippen molar-refractivity contribution in [3.8, 4) is 0 Å². The van der Waals surface area contributed by atoms with Crippen molar-refractivity contribution < 1.29 is 261 Å². The Balaban J connectivity index is 0.0000191. The molecule has 30 heterocycles. The van der Waals surface area contributed by atoms with Crippen molar-refractivity contribution in [1.82, 2.24) is 0 Å². The minimum atomic E-state index is -2.33. The number of thioether (sulfide) groups is 7. The third kappa shape index (κ3) is 29.5. The van der Waals surface area contributed by atoms with Gasteiger partial charge < -0.3 is 198 Å². The van der Waals surface area contributed by atoms with Crippen LogP contribution in [0.25, 0.3) is 0 Å². The molecule has 0 aliphatic carbocycles. The first-order chi connectivity index (χ1) is 58.4. The fourth-order valence-corrected chi connectivity index (χ4v) is 21.2. The molecule has 0 aromatic rings. The van der Waals surface area contributed by atoms with Gasteiger partial charge in [-0.25, -0.2) is 0 Å². The molecule has 4 unspecified atom stereocenters. The average molecular weight is 1940 g/mol. The van der Waals surface area contributed by atoms with Gasteiger partial charge in [-0.05, 0) is 0 Å². The van der Waals surface area contributed by atoms with Crippen molar-refractivity contribution >= 4 is 124 Å². The van der Waals surface area contributed by atoms with E-state index in [-0.39, 0.29) is 110 Å². The first-order valence-electron chi connectivity index (χ1n) is 38.9. The number of rotatable bonds is 36. The summed E-state index contributed by atoms with van der Waals surface area (Å²) in [5.74, 6) is -12.4. The van der Waals surface area contributed by atoms with E-state index >= 15 is 0 Å². The Morgan fingerprint density at radius 1 is 0.185 bits per heavy atom. The molecule has 30 aliphatic rings. The van der Waals surface area contributed by atoms with E-state index in [1.54, 1.807) is 0 Å². The molecule has 708 valence electrons. The number of carboxylic acid groups (broad SMARTS) is 7. The number of hydrogen-bond acceptors (Lipinski definition) is 47. The summed E-state index contributed by atoms with van der Waals surface area (Å²) >= 11 is 6.18. The molecule has 16 bridgehead atoms. The Morgan fingerprint density at radius 3 is 0.411 bits per heavy atom. The largest absolute Gasteiger partial charge is 1.00 e. The molecular weight excluding hydrogens is 1830 g/mol. The van der Waals surface area contributed by atoms with Crippen LogP contribution >= 0.6 is 82.3 Å². The summed E-state index contributed by atoms with van der Waals surface area (Å²) in [4.78, 5) is 82.2. The topological polar surface area (TPSA) is 753 Å². The van der Waals surface area contributed by atoms with E-state index in [1.807, 2.05) is 0 Å². The summed E-state index contributed by atoms with van der Waals surface area (Å²) in [5.41, 5.74) is 0. The van der Waals surface area contributed by atoms with Crippen LogP contribution < -0.4 is 29.6 Å². The van der Waals surface area contributed by atoms with Crippen LogP contribution in [0.15, 0.2) is 0 Å². The van der Waals surface area contributed by atoms with Gasteiger partial charge in [0, 0.05) is 80.5 Å². The summed E-state index contributed by atoms with van der Waals surface area (Å²) < 4.78 is 99.1. The van der Waals surface area contributed by atoms with Gasteiger partial charge in [0.15, 0.2) is 50.3 Å². The van der Waals surface area contributed by atoms with E-state index in [0.29, 0.717) is 0 Å². The standard InChI is InChI=1S/C69H108O47S7.Na/c70-15-23-54-38(85)46(93)62(101-23)110-55-24(16-117-8-1-31(71)72)103-64(48(95)40(55)87)112-57-26(18-119-10-3-33(75)76)105-66(50(97)42(57)89)114-59-28(20-121-12-5-35(79)80)107-68(52(99)44(59)91)116-61-30(22-123-14-7-37(83)84)108-69(53(100)45(61)92)115-60-29(21-122-13-6-36(81)82)106-67(51(98)43(60)90)113-58-27(19-120-11-4-34(77)78)104-65(49(96)41(58)88)111-56-25(17-118-9-2-32(73)74)102-63(109-54)47(94)39(56)86;/h23-30,38-70,85-100H,1-22H2,(H,71,72)(H,73,74)(H,75,76)(H,77,78)(H,79,80)(H,81,82)(H,83,84);/q;+1/t23-,24-,25-,26-,27-,28-,29-,30-,38-,39-,40-,41-,42-,43-,44-,45-,46-,47-,48-,49-,50-,51-,52-,53-,54-,55?,56?,57-,58-,59?,60?,61-,62-,63-,64-,65-,66-,67-,68-,69-;/m1./s1. The molecule has 55 heteroatoms. The first kappa shape index (κ1) is 108. The number of ether oxygens (including phenoxy) is 16. The molecule has 40 atom stereocenters. The van der Waals surface area contributed by atoms with Gasteiger partial charge in [0.2, 0.25) is 0 Å². The summed E-state index contributed by atoms with van der Waals surface area (Å²) in [7, 11) is 0. The van der Waals surface area contributed by atoms with Gasteiger partial charge in [0.05, 0.1) is 94.3 Å². The van der Waals surface area contributed by atoms with Crippen molar-refractivity contribution in [2.75, 3.05) is 87.1 Å². The summed E-state index contributed by atoms with van der Waals surface area (Å²) in [6, 6.07) is 0. The van der Waals surface area contributed by atoms with E-state index in [1.165, 1.54) is 0 Å². The van der Waals surface area contributed by atoms with Crippen molar-refractivity contribution in [2.24, 2.45) is 0 Å². The van der Waals surface area contributed by atoms with Crippen LogP contribution in [0.4, 0.5) is 0 Å². The van der Waals surface area contributed by atoms with E-state index in [9.17, 15) is 156 Å². The van der Waals surface area contributed by atoms with E-state index in [0.717, 1.165) is 82.3 Å². The molecule has 47 nitrogen and oxygen atoms in total. The van der Waals surface area contributed by atoms with Gasteiger partial charge in [0.1, 0.15) is 153 Å². The molecule has 0 radical (unpaired) electrons. The number of aliphatic hydroxyl groups is 17. The third-order valence-electron chi connectivity index (χ3n) is 20.8. The van der Waals surface area contributed by atoms with Gasteiger partial charge in [-0.15, -0.1) is 0 Å². The van der Waals surface area contributed by atoms with Gasteiger partial charge >= 0.3 is 71.3 Å². The SMILES string of the molecule is O=C(O)CCSC[C@H]1O[C@@H]2O[C@H]3[C@H](O)[C@@H](O)[C@@H](OC4[C@@H](CSCCC(=O)O)O[C@H](O[C@H]5[C@H](O)[C@@H](O)[C@@H](OC6[C@@H](CSCCC(=O)O)O[C@H](O[C@H]7[C@H](O)[C@@H](O)[C@@H](OC8[C@@H](CSCCC(=O)O)O[C@H](O[C@H]9[C@H](O)[C@@H](O)[C@@H](OC1[C@H](O)[C@H]2O)O[C@@H]9CO)[C@H](O)[C@H]8O)O[C@@H]7CSCCC(=O)O)[C@H](O)[C@H]6O)O[C@@H]5CSCCC(=O)O)[C@H](O)[C@H]4O)O[C@@H]3CSCCC(=O)O.[Na+]. The molecule has 0 amide bonds. The number of aliphatic hydroxyl groups excluding tert-OH is 17. The smallest absolute Gasteiger partial charge is 0.481 e. The van der Waals surface area contributed by atoms with Crippen molar-refractivity contribution in [3.05, 3.63) is 0 Å². The van der Waals surface area contributed by atoms with Crippen LogP contribution in [0.1, 0.15) is 44.9 Å². The second-order valence-corrected chi connectivity index (χ2v) is 37.8. The Labute approximate surface area is 758 Å². The molecule has 30 saturated heterocycles. The number of carbonyl (C=O) groups is 7. The van der Waals surface area contributed by atoms with Gasteiger partial charge in [-0.1, -0.05) is 0 Å². The predicted molar refractivity (Wildman–Crippen MR) is 419 cm³/mol. The van der Waals surface area contributed by atoms with Crippen LogP contribution in [0.2, 0.25) is 0 Å². The van der Waals surface area contributed by atoms with Crippen molar-refractivity contribution in [3.63, 3.8) is 0 Å². The number of carboxylic acids is 7. The fraction of sp³-hybridized carbons (Fsp3) is 0.899. The maximum absolute atomic E-state index is 12.3. The van der Waals surface area contributed by atoms with E-state index in [2.05, 4.69) is 0 Å². The molecule has 30 fully saturated rings. The molecule has 0 aromatic heterocycles. The third-order valence-corrected chi connectivity index (χ3v) is 28.2. The molecule has 0 spiro atoms. The Morgan fingerprint density at radius 2 is 0.298 bits per heavy atom. The Hall–Kier alpha value is -1.58. The second kappa shape index (κ2) is 51.8. The zero-order valence-corrected chi connectivity index (χ0v) is 73.8. The van der Waals surface area contributed by atoms with Crippen LogP contribution in [0.5, 0.6) is 0 Å². The van der Waals surface area contributed by atoms with Crippen LogP contribution in [0.3, 0.4) is 0 Å². The first-order valence-corrected chi connectivity index (χ1v) is 47.0. The molecule has 0 aromatic carbocycles. The summed E-state index contributed by atoms with van der Waals surface area (Å²) in [6.07, 6.45) is -85.4. The normalized spacial score (nSPS) is 42.4. The summed E-state index contributed by atoms with van der Waals surface area (Å²) in [5, 5.41) is 271. The maximum atomic E-state index is 12.3. The van der Waals surface area contributed by atoms with Crippen LogP contribution in [-0.2, 0) is 109 Å². The van der Waals surface area contributed by atoms with Crippen molar-refractivity contribution in [1.29, 1.82) is 0 Å². The zero-order valence-electron chi connectivity index (χ0n) is 66.1. The summed E-state index contributed by atoms with van der Waals surface area (Å²) in [6.45, 7) is -1.14. The maximum Gasteiger partial charge on any atom is 1.00 e. The molecule has 124 heavy (non-hydrogen) atoms. The Bertz CT molecular complexity index is 3170. The average Bonchev–Trinajstić information content (AvgIpc) is 0.770. The van der Waals surface area contributed by atoms with Gasteiger partial charge in [-0.3, -0.25) is 33.6 Å². The molecule has 0 saturated carbocycles. The van der Waals surface area contributed by atoms with Gasteiger partial charge in [0.25, 0.3) is 0 Å². The minimum Gasteiger partial charge on any atom is -0.481 e. The van der Waals surface area contributed by atoms with Crippen LogP contribution in [-0.4, -0.2) is 497 Å². The van der Waals surface area contributed by atoms with Crippen LogP contribution in [0, 0.1) is 0 Å². The van der Waals surface area contributed by atoms with E-state index in [4.69, 9.17) is 75.8 Å². The minimum absolute atomic E-state index is 0. The molecular formula is C69H108NaO47S7+. The monoisotopic (exact) mass is 1940 g/mol. The molecule has 30 aliphatic heterocycles. The zero-order chi connectivity index (χ0) is 90.0.